The molecule has 2 aliphatic heterocycles. The van der Waals surface area contributed by atoms with Gasteiger partial charge < -0.3 is 15.0 Å². The van der Waals surface area contributed by atoms with Crippen molar-refractivity contribution in [2.45, 2.75) is 31.8 Å². The van der Waals surface area contributed by atoms with Crippen molar-refractivity contribution >= 4 is 17.5 Å². The van der Waals surface area contributed by atoms with Gasteiger partial charge in [0.05, 0.1) is 18.0 Å². The highest BCUT2D eigenvalue weighted by atomic mass is 16.5. The Morgan fingerprint density at radius 1 is 1.06 bits per heavy atom. The predicted octanol–water partition coefficient (Wildman–Crippen LogP) is 3.53. The molecule has 0 unspecified atom stereocenters. The van der Waals surface area contributed by atoms with Crippen LogP contribution in [0.5, 0.6) is 0 Å². The lowest BCUT2D eigenvalue weighted by Gasteiger charge is -2.43. The molecule has 3 aromatic rings. The van der Waals surface area contributed by atoms with Gasteiger partial charge in [-0.25, -0.2) is 4.68 Å². The van der Waals surface area contributed by atoms with E-state index in [4.69, 9.17) is 9.84 Å². The molecule has 1 aromatic heterocycles. The monoisotopic (exact) mass is 430 g/mol. The van der Waals surface area contributed by atoms with Crippen molar-refractivity contribution in [3.8, 4) is 5.69 Å². The van der Waals surface area contributed by atoms with Crippen LogP contribution in [0.15, 0.2) is 60.8 Å². The summed E-state index contributed by atoms with van der Waals surface area (Å²) in [5, 5.41) is 7.65. The standard InChI is InChI=1S/C25H26N4O3/c1-18(30)26-21-7-5-6-19(16-21)24(31)28-13-11-25(12-14-28)23-20(10-15-32-25)17-29(27-23)22-8-3-2-4-9-22/h2-9,16-17H,10-15H2,1H3,(H,26,30). The number of piperidine rings is 1. The summed E-state index contributed by atoms with van der Waals surface area (Å²) in [6, 6.07) is 17.2. The Kier molecular flexibility index (Phi) is 5.27. The van der Waals surface area contributed by atoms with Gasteiger partial charge in [-0.2, -0.15) is 5.10 Å². The quantitative estimate of drug-likeness (QED) is 0.690. The zero-order valence-electron chi connectivity index (χ0n) is 18.1. The zero-order valence-corrected chi connectivity index (χ0v) is 18.1. The Hall–Kier alpha value is -3.45. The van der Waals surface area contributed by atoms with Gasteiger partial charge in [0, 0.05) is 37.5 Å². The smallest absolute Gasteiger partial charge is 0.253 e. The number of hydrogen-bond acceptors (Lipinski definition) is 4. The molecule has 1 fully saturated rings. The van der Waals surface area contributed by atoms with Crippen LogP contribution in [0.3, 0.4) is 0 Å². The minimum atomic E-state index is -0.442. The summed E-state index contributed by atoms with van der Waals surface area (Å²) >= 11 is 0. The van der Waals surface area contributed by atoms with Crippen LogP contribution in [-0.2, 0) is 21.6 Å². The number of aromatic nitrogens is 2. The lowest BCUT2D eigenvalue weighted by molar-refractivity contribution is -0.114. The highest BCUT2D eigenvalue weighted by Crippen LogP contribution is 2.41. The molecule has 7 heteroatoms. The summed E-state index contributed by atoms with van der Waals surface area (Å²) in [7, 11) is 0. The topological polar surface area (TPSA) is 76.5 Å². The lowest BCUT2D eigenvalue weighted by Crippen LogP contribution is -2.48. The molecule has 0 aliphatic carbocycles. The van der Waals surface area contributed by atoms with Gasteiger partial charge in [0.1, 0.15) is 5.60 Å². The lowest BCUT2D eigenvalue weighted by atomic mass is 9.83. The highest BCUT2D eigenvalue weighted by molar-refractivity contribution is 5.96. The minimum Gasteiger partial charge on any atom is -0.368 e. The first-order valence-electron chi connectivity index (χ1n) is 11.0. The second-order valence-electron chi connectivity index (χ2n) is 8.43. The van der Waals surface area contributed by atoms with E-state index in [9.17, 15) is 9.59 Å². The first-order valence-corrected chi connectivity index (χ1v) is 11.0. The summed E-state index contributed by atoms with van der Waals surface area (Å²) in [4.78, 5) is 26.3. The van der Waals surface area contributed by atoms with E-state index in [1.54, 1.807) is 24.3 Å². The largest absolute Gasteiger partial charge is 0.368 e. The number of nitrogens with zero attached hydrogens (tertiary/aromatic N) is 3. The average molecular weight is 431 g/mol. The van der Waals surface area contributed by atoms with E-state index in [0.717, 1.165) is 17.8 Å². The van der Waals surface area contributed by atoms with Crippen molar-refractivity contribution in [1.29, 1.82) is 0 Å². The molecule has 164 valence electrons. The number of carbonyl (C=O) groups is 2. The number of para-hydroxylation sites is 1. The van der Waals surface area contributed by atoms with Crippen molar-refractivity contribution in [3.63, 3.8) is 0 Å². The van der Waals surface area contributed by atoms with E-state index in [1.165, 1.54) is 12.5 Å². The molecule has 7 nitrogen and oxygen atoms in total. The molecule has 0 bridgehead atoms. The maximum atomic E-state index is 13.1. The minimum absolute atomic E-state index is 0.0297. The first-order chi connectivity index (χ1) is 15.5. The number of nitrogens with one attached hydrogen (secondary N) is 1. The molecule has 1 N–H and O–H groups in total. The number of hydrogen-bond donors (Lipinski definition) is 1. The predicted molar refractivity (Wildman–Crippen MR) is 121 cm³/mol. The van der Waals surface area contributed by atoms with Gasteiger partial charge in [-0.15, -0.1) is 0 Å². The molecule has 3 heterocycles. The SMILES string of the molecule is CC(=O)Nc1cccc(C(=O)N2CCC3(CC2)OCCc2cn(-c4ccccc4)nc23)c1. The second-order valence-corrected chi connectivity index (χ2v) is 8.43. The summed E-state index contributed by atoms with van der Waals surface area (Å²) in [5.41, 5.74) is 4.02. The average Bonchev–Trinajstić information content (AvgIpc) is 3.26. The summed E-state index contributed by atoms with van der Waals surface area (Å²) in [5.74, 6) is -0.187. The Balaban J connectivity index is 1.33. The van der Waals surface area contributed by atoms with Gasteiger partial charge >= 0.3 is 0 Å². The number of amides is 2. The van der Waals surface area contributed by atoms with Crippen LogP contribution in [0.25, 0.3) is 5.69 Å². The van der Waals surface area contributed by atoms with E-state index in [-0.39, 0.29) is 11.8 Å². The Morgan fingerprint density at radius 2 is 1.84 bits per heavy atom. The van der Waals surface area contributed by atoms with Gasteiger partial charge in [-0.05, 0) is 55.2 Å². The van der Waals surface area contributed by atoms with Gasteiger partial charge in [0.2, 0.25) is 5.91 Å². The van der Waals surface area contributed by atoms with E-state index >= 15 is 0 Å². The molecule has 0 atom stereocenters. The molecular formula is C25H26N4O3. The van der Waals surface area contributed by atoms with Crippen molar-refractivity contribution in [2.75, 3.05) is 25.0 Å². The molecule has 2 aromatic carbocycles. The summed E-state index contributed by atoms with van der Waals surface area (Å²) in [6.07, 6.45) is 4.38. The van der Waals surface area contributed by atoms with Gasteiger partial charge in [-0.1, -0.05) is 24.3 Å². The van der Waals surface area contributed by atoms with E-state index < -0.39 is 5.60 Å². The van der Waals surface area contributed by atoms with Crippen LogP contribution in [0.1, 0.15) is 41.4 Å². The Labute approximate surface area is 187 Å². The van der Waals surface area contributed by atoms with Crippen LogP contribution < -0.4 is 5.32 Å². The third-order valence-electron chi connectivity index (χ3n) is 6.28. The fourth-order valence-corrected chi connectivity index (χ4v) is 4.68. The van der Waals surface area contributed by atoms with Gasteiger partial charge in [0.15, 0.2) is 0 Å². The maximum Gasteiger partial charge on any atom is 0.253 e. The number of fused-ring (bicyclic) bond motifs is 2. The number of ether oxygens (including phenoxy) is 1. The Bertz CT molecular complexity index is 1150. The van der Waals surface area contributed by atoms with E-state index in [1.807, 2.05) is 39.9 Å². The van der Waals surface area contributed by atoms with Crippen LogP contribution in [0.2, 0.25) is 0 Å². The highest BCUT2D eigenvalue weighted by Gasteiger charge is 2.44. The van der Waals surface area contributed by atoms with Crippen LogP contribution in [0.4, 0.5) is 5.69 Å². The van der Waals surface area contributed by atoms with Crippen LogP contribution in [-0.4, -0.2) is 46.2 Å². The van der Waals surface area contributed by atoms with Crippen molar-refractivity contribution in [2.24, 2.45) is 0 Å². The first kappa shape index (κ1) is 20.5. The third-order valence-corrected chi connectivity index (χ3v) is 6.28. The number of carbonyl (C=O) groups excluding carboxylic acids is 2. The summed E-state index contributed by atoms with van der Waals surface area (Å²) < 4.78 is 8.25. The zero-order chi connectivity index (χ0) is 22.1. The molecule has 1 spiro atoms. The van der Waals surface area contributed by atoms with Crippen LogP contribution >= 0.6 is 0 Å². The molecule has 0 saturated carbocycles. The normalized spacial score (nSPS) is 17.1. The molecule has 2 amide bonds. The van der Waals surface area contributed by atoms with E-state index in [0.29, 0.717) is 43.8 Å². The second kappa shape index (κ2) is 8.24. The molecule has 5 rings (SSSR count). The number of likely N-dealkylation sites (tertiary alicyclic amines) is 1. The number of rotatable bonds is 3. The third kappa shape index (κ3) is 3.80. The van der Waals surface area contributed by atoms with Crippen molar-refractivity contribution in [1.82, 2.24) is 14.7 Å². The fraction of sp³-hybridized carbons (Fsp3) is 0.320. The van der Waals surface area contributed by atoms with Crippen molar-refractivity contribution < 1.29 is 14.3 Å². The van der Waals surface area contributed by atoms with Gasteiger partial charge in [0.25, 0.3) is 5.91 Å². The molecule has 1 saturated heterocycles. The Morgan fingerprint density at radius 3 is 2.59 bits per heavy atom. The van der Waals surface area contributed by atoms with E-state index in [2.05, 4.69) is 11.5 Å². The number of benzene rings is 2. The molecule has 0 radical (unpaired) electrons. The molecular weight excluding hydrogens is 404 g/mol. The van der Waals surface area contributed by atoms with Crippen molar-refractivity contribution in [3.05, 3.63) is 77.6 Å². The number of anilines is 1. The maximum absolute atomic E-state index is 13.1. The molecule has 2 aliphatic rings. The molecule has 32 heavy (non-hydrogen) atoms. The summed E-state index contributed by atoms with van der Waals surface area (Å²) in [6.45, 7) is 3.32. The fourth-order valence-electron chi connectivity index (χ4n) is 4.68. The van der Waals surface area contributed by atoms with Crippen LogP contribution in [0, 0.1) is 0 Å². The van der Waals surface area contributed by atoms with Gasteiger partial charge in [-0.3, -0.25) is 9.59 Å².